The molecule has 132 valence electrons. The van der Waals surface area contributed by atoms with Crippen LogP contribution in [-0.2, 0) is 14.3 Å². The van der Waals surface area contributed by atoms with Crippen molar-refractivity contribution >= 4 is 12.1 Å². The van der Waals surface area contributed by atoms with E-state index in [0.29, 0.717) is 0 Å². The Hall–Kier alpha value is -1.95. The van der Waals surface area contributed by atoms with Gasteiger partial charge in [-0.25, -0.2) is 9.59 Å². The number of azide groups is 1. The number of hydrogen-bond acceptors (Lipinski definition) is 5. The number of alkyl carbamates (subject to hydrolysis) is 1. The van der Waals surface area contributed by atoms with E-state index in [0.717, 1.165) is 0 Å². The van der Waals surface area contributed by atoms with E-state index in [1.807, 2.05) is 0 Å². The molecule has 0 bridgehead atoms. The van der Waals surface area contributed by atoms with Crippen LogP contribution in [0.25, 0.3) is 10.4 Å². The Kier molecular flexibility index (Phi) is 7.37. The van der Waals surface area contributed by atoms with E-state index in [-0.39, 0.29) is 0 Å². The largest absolute Gasteiger partial charge is 0.458 e. The molecule has 0 saturated carbocycles. The zero-order valence-electron chi connectivity index (χ0n) is 15.2. The summed E-state index contributed by atoms with van der Waals surface area (Å²) in [6.07, 6.45) is -0.728. The predicted molar refractivity (Wildman–Crippen MR) is 86.8 cm³/mol. The first kappa shape index (κ1) is 21.0. The highest BCUT2D eigenvalue weighted by Crippen LogP contribution is 2.18. The van der Waals surface area contributed by atoms with Gasteiger partial charge in [0.2, 0.25) is 0 Å². The number of carbonyl (C=O) groups excluding carboxylic acids is 2. The number of rotatable bonds is 5. The van der Waals surface area contributed by atoms with Gasteiger partial charge in [0.25, 0.3) is 0 Å². The van der Waals surface area contributed by atoms with Gasteiger partial charge in [0.15, 0.2) is 0 Å². The van der Waals surface area contributed by atoms with Gasteiger partial charge < -0.3 is 14.8 Å². The van der Waals surface area contributed by atoms with Gasteiger partial charge in [0, 0.05) is 11.0 Å². The number of amides is 1. The highest BCUT2D eigenvalue weighted by molar-refractivity contribution is 5.82. The van der Waals surface area contributed by atoms with Crippen molar-refractivity contribution in [3.05, 3.63) is 10.4 Å². The lowest BCUT2D eigenvalue weighted by Gasteiger charge is -2.30. The van der Waals surface area contributed by atoms with E-state index in [9.17, 15) is 9.59 Å². The van der Waals surface area contributed by atoms with Crippen LogP contribution in [0, 0.1) is 5.92 Å². The van der Waals surface area contributed by atoms with E-state index in [4.69, 9.17) is 15.0 Å². The van der Waals surface area contributed by atoms with Crippen LogP contribution >= 0.6 is 0 Å². The summed E-state index contributed by atoms with van der Waals surface area (Å²) in [7, 11) is 0. The Labute approximate surface area is 137 Å². The molecule has 0 aliphatic heterocycles. The Morgan fingerprint density at radius 3 is 1.91 bits per heavy atom. The van der Waals surface area contributed by atoms with Crippen molar-refractivity contribution < 1.29 is 19.1 Å². The second-order valence-electron chi connectivity index (χ2n) is 7.46. The minimum atomic E-state index is -0.982. The first-order chi connectivity index (χ1) is 10.3. The molecule has 0 fully saturated rings. The predicted octanol–water partition coefficient (Wildman–Crippen LogP) is 3.56. The van der Waals surface area contributed by atoms with Gasteiger partial charge in [-0.05, 0) is 53.0 Å². The van der Waals surface area contributed by atoms with Crippen molar-refractivity contribution in [1.82, 2.24) is 5.32 Å². The molecule has 0 aliphatic rings. The van der Waals surface area contributed by atoms with E-state index in [2.05, 4.69) is 15.3 Å². The summed E-state index contributed by atoms with van der Waals surface area (Å²) in [5.41, 5.74) is 7.16. The van der Waals surface area contributed by atoms with Gasteiger partial charge in [0.05, 0.1) is 0 Å². The lowest BCUT2D eigenvalue weighted by atomic mass is 9.95. The topological polar surface area (TPSA) is 113 Å². The van der Waals surface area contributed by atoms with Crippen LogP contribution in [-0.4, -0.2) is 35.3 Å². The summed E-state index contributed by atoms with van der Waals surface area (Å²) in [5, 5.41) is 6.10. The molecule has 0 heterocycles. The standard InChI is InChI=1S/C15H28N4O4/c1-9(10(2)18-19-16)11(12(20)22-14(3,4)5)17-13(21)23-15(6,7)8/h9-11H,1-8H3,(H,17,21). The maximum Gasteiger partial charge on any atom is 0.408 e. The number of nitrogens with one attached hydrogen (secondary N) is 1. The minimum absolute atomic E-state index is 0.465. The molecule has 3 atom stereocenters. The van der Waals surface area contributed by atoms with Crippen LogP contribution in [0.2, 0.25) is 0 Å². The smallest absolute Gasteiger partial charge is 0.408 e. The summed E-state index contributed by atoms with van der Waals surface area (Å²) in [4.78, 5) is 27.1. The van der Waals surface area contributed by atoms with Crippen molar-refractivity contribution in [3.63, 3.8) is 0 Å². The van der Waals surface area contributed by atoms with Crippen molar-refractivity contribution in [2.45, 2.75) is 78.7 Å². The Morgan fingerprint density at radius 2 is 1.52 bits per heavy atom. The SMILES string of the molecule is CC(N=[N+]=[N-])C(C)C(NC(=O)OC(C)(C)C)C(=O)OC(C)(C)C. The maximum atomic E-state index is 12.4. The summed E-state index contributed by atoms with van der Waals surface area (Å²) >= 11 is 0. The molecule has 0 aromatic rings. The minimum Gasteiger partial charge on any atom is -0.458 e. The third-order valence-corrected chi connectivity index (χ3v) is 2.85. The van der Waals surface area contributed by atoms with Crippen LogP contribution < -0.4 is 5.32 Å². The molecule has 23 heavy (non-hydrogen) atoms. The summed E-state index contributed by atoms with van der Waals surface area (Å²) in [6, 6.07) is -1.49. The molecule has 0 aromatic carbocycles. The number of carbonyl (C=O) groups is 2. The van der Waals surface area contributed by atoms with Gasteiger partial charge in [-0.15, -0.1) is 0 Å². The van der Waals surface area contributed by atoms with Crippen molar-refractivity contribution in [3.8, 4) is 0 Å². The van der Waals surface area contributed by atoms with Gasteiger partial charge in [-0.3, -0.25) is 0 Å². The summed E-state index contributed by atoms with van der Waals surface area (Å²) in [6.45, 7) is 13.7. The van der Waals surface area contributed by atoms with E-state index < -0.39 is 41.3 Å². The zero-order chi connectivity index (χ0) is 18.4. The van der Waals surface area contributed by atoms with Crippen molar-refractivity contribution in [2.24, 2.45) is 11.0 Å². The lowest BCUT2D eigenvalue weighted by Crippen LogP contribution is -2.51. The average molecular weight is 328 g/mol. The fourth-order valence-corrected chi connectivity index (χ4v) is 1.67. The molecule has 0 spiro atoms. The van der Waals surface area contributed by atoms with Crippen LogP contribution in [0.5, 0.6) is 0 Å². The van der Waals surface area contributed by atoms with Crippen LogP contribution in [0.3, 0.4) is 0 Å². The Bertz CT molecular complexity index is 473. The molecule has 1 amide bonds. The zero-order valence-corrected chi connectivity index (χ0v) is 15.2. The molecule has 1 N–H and O–H groups in total. The van der Waals surface area contributed by atoms with Gasteiger partial charge >= 0.3 is 12.1 Å². The summed E-state index contributed by atoms with van der Waals surface area (Å²) in [5.74, 6) is -1.07. The molecule has 0 radical (unpaired) electrons. The monoisotopic (exact) mass is 328 g/mol. The molecule has 8 heteroatoms. The maximum absolute atomic E-state index is 12.4. The second-order valence-corrected chi connectivity index (χ2v) is 7.46. The molecular weight excluding hydrogens is 300 g/mol. The highest BCUT2D eigenvalue weighted by Gasteiger charge is 2.34. The fourth-order valence-electron chi connectivity index (χ4n) is 1.67. The highest BCUT2D eigenvalue weighted by atomic mass is 16.6. The number of ether oxygens (including phenoxy) is 2. The molecule has 0 rings (SSSR count). The lowest BCUT2D eigenvalue weighted by molar-refractivity contribution is -0.159. The first-order valence-electron chi connectivity index (χ1n) is 7.53. The Balaban J connectivity index is 5.25. The molecular formula is C15H28N4O4. The molecule has 0 aliphatic carbocycles. The van der Waals surface area contributed by atoms with Crippen molar-refractivity contribution in [1.29, 1.82) is 0 Å². The third-order valence-electron chi connectivity index (χ3n) is 2.85. The molecule has 8 nitrogen and oxygen atoms in total. The molecule has 0 saturated heterocycles. The number of esters is 1. The normalized spacial score (nSPS) is 15.7. The molecule has 0 aromatic heterocycles. The van der Waals surface area contributed by atoms with E-state index in [1.165, 1.54) is 0 Å². The fraction of sp³-hybridized carbons (Fsp3) is 0.867. The third kappa shape index (κ3) is 8.93. The van der Waals surface area contributed by atoms with Gasteiger partial charge in [0.1, 0.15) is 17.2 Å². The van der Waals surface area contributed by atoms with Crippen LogP contribution in [0.1, 0.15) is 55.4 Å². The molecule has 3 unspecified atom stereocenters. The summed E-state index contributed by atoms with van der Waals surface area (Å²) < 4.78 is 10.5. The van der Waals surface area contributed by atoms with Gasteiger partial charge in [-0.2, -0.15) is 0 Å². The van der Waals surface area contributed by atoms with Gasteiger partial charge in [-0.1, -0.05) is 19.0 Å². The van der Waals surface area contributed by atoms with Crippen LogP contribution in [0.15, 0.2) is 5.11 Å². The van der Waals surface area contributed by atoms with Crippen LogP contribution in [0.4, 0.5) is 4.79 Å². The Morgan fingerprint density at radius 1 is 1.04 bits per heavy atom. The first-order valence-corrected chi connectivity index (χ1v) is 7.53. The van der Waals surface area contributed by atoms with Crippen molar-refractivity contribution in [2.75, 3.05) is 0 Å². The quantitative estimate of drug-likeness (QED) is 0.359. The van der Waals surface area contributed by atoms with E-state index >= 15 is 0 Å². The second kappa shape index (κ2) is 8.06. The number of nitrogens with zero attached hydrogens (tertiary/aromatic N) is 3. The number of hydrogen-bond donors (Lipinski definition) is 1. The average Bonchev–Trinajstić information content (AvgIpc) is 2.30. The van der Waals surface area contributed by atoms with E-state index in [1.54, 1.807) is 55.4 Å².